The number of anilines is 1. The number of nitrogens with one attached hydrogen (secondary N) is 2. The molecule has 0 bridgehead atoms. The number of carbonyl (C=O) groups excluding carboxylic acids is 1. The van der Waals surface area contributed by atoms with Crippen LogP contribution in [0, 0.1) is 5.92 Å². The Bertz CT molecular complexity index is 455. The van der Waals surface area contributed by atoms with E-state index in [9.17, 15) is 4.79 Å². The van der Waals surface area contributed by atoms with Gasteiger partial charge in [-0.3, -0.25) is 4.79 Å². The van der Waals surface area contributed by atoms with E-state index >= 15 is 0 Å². The normalized spacial score (nSPS) is 10.6. The number of hydrogen-bond donors (Lipinski definition) is 2. The van der Waals surface area contributed by atoms with E-state index in [1.54, 1.807) is 0 Å². The van der Waals surface area contributed by atoms with Gasteiger partial charge in [-0.15, -0.1) is 0 Å². The molecular weight excluding hydrogens is 256 g/mol. The van der Waals surface area contributed by atoms with Crippen molar-refractivity contribution >= 4 is 28.9 Å². The Morgan fingerprint density at radius 1 is 1.21 bits per heavy atom. The molecule has 0 aliphatic carbocycles. The van der Waals surface area contributed by atoms with Crippen LogP contribution in [0.5, 0.6) is 0 Å². The predicted octanol–water partition coefficient (Wildman–Crippen LogP) is 3.67. The van der Waals surface area contributed by atoms with Gasteiger partial charge in [0, 0.05) is 12.1 Å². The first-order valence-electron chi connectivity index (χ1n) is 6.60. The molecule has 2 N–H and O–H groups in total. The Labute approximate surface area is 120 Å². The molecule has 3 nitrogen and oxygen atoms in total. The van der Waals surface area contributed by atoms with E-state index in [1.807, 2.05) is 32.0 Å². The van der Waals surface area contributed by atoms with Crippen molar-refractivity contribution in [2.75, 3.05) is 5.32 Å². The summed E-state index contributed by atoms with van der Waals surface area (Å²) < 4.78 is 0. The molecule has 0 fully saturated rings. The van der Waals surface area contributed by atoms with E-state index in [2.05, 4.69) is 30.5 Å². The van der Waals surface area contributed by atoms with Crippen molar-refractivity contribution in [3.8, 4) is 0 Å². The first kappa shape index (κ1) is 15.6. The monoisotopic (exact) mass is 278 g/mol. The highest BCUT2D eigenvalue weighted by Gasteiger charge is 2.10. The molecule has 1 rings (SSSR count). The highest BCUT2D eigenvalue weighted by atomic mass is 32.1. The van der Waals surface area contributed by atoms with Crippen molar-refractivity contribution in [1.29, 1.82) is 0 Å². The van der Waals surface area contributed by atoms with Crippen LogP contribution < -0.4 is 10.6 Å². The van der Waals surface area contributed by atoms with Gasteiger partial charge in [-0.05, 0) is 35.7 Å². The zero-order chi connectivity index (χ0) is 14.4. The Morgan fingerprint density at radius 3 is 2.42 bits per heavy atom. The molecule has 0 aliphatic rings. The van der Waals surface area contributed by atoms with Gasteiger partial charge < -0.3 is 10.6 Å². The fraction of sp³-hybridized carbons (Fsp3) is 0.467. The summed E-state index contributed by atoms with van der Waals surface area (Å²) in [5.41, 5.74) is 2.13. The van der Waals surface area contributed by atoms with Gasteiger partial charge in [0.05, 0.1) is 0 Å². The van der Waals surface area contributed by atoms with Crippen LogP contribution in [0.3, 0.4) is 0 Å². The van der Waals surface area contributed by atoms with E-state index in [0.29, 0.717) is 23.4 Å². The Balaban J connectivity index is 2.65. The van der Waals surface area contributed by atoms with Gasteiger partial charge in [-0.1, -0.05) is 45.9 Å². The minimum Gasteiger partial charge on any atom is -0.332 e. The largest absolute Gasteiger partial charge is 0.332 e. The summed E-state index contributed by atoms with van der Waals surface area (Å²) in [4.78, 5) is 11.6. The Kier molecular flexibility index (Phi) is 5.96. The lowest BCUT2D eigenvalue weighted by Crippen LogP contribution is -2.34. The van der Waals surface area contributed by atoms with Gasteiger partial charge in [0.25, 0.3) is 0 Å². The maximum absolute atomic E-state index is 11.6. The second-order valence-electron chi connectivity index (χ2n) is 5.34. The maximum atomic E-state index is 11.6. The molecular formula is C15H22N2OS. The van der Waals surface area contributed by atoms with Crippen LogP contribution in [0.2, 0.25) is 0 Å². The second kappa shape index (κ2) is 7.24. The van der Waals surface area contributed by atoms with Gasteiger partial charge in [-0.2, -0.15) is 0 Å². The van der Waals surface area contributed by atoms with Crippen LogP contribution in [-0.4, -0.2) is 11.0 Å². The first-order chi connectivity index (χ1) is 8.90. The molecule has 0 atom stereocenters. The zero-order valence-electron chi connectivity index (χ0n) is 12.0. The minimum absolute atomic E-state index is 0.0467. The number of para-hydroxylation sites is 1. The quantitative estimate of drug-likeness (QED) is 0.826. The van der Waals surface area contributed by atoms with E-state index in [0.717, 1.165) is 5.69 Å². The highest BCUT2D eigenvalue weighted by molar-refractivity contribution is 7.80. The van der Waals surface area contributed by atoms with E-state index < -0.39 is 0 Å². The molecule has 1 aromatic rings. The van der Waals surface area contributed by atoms with Crippen LogP contribution in [0.4, 0.5) is 5.69 Å². The molecule has 1 aromatic carbocycles. The van der Waals surface area contributed by atoms with Gasteiger partial charge in [0.1, 0.15) is 0 Å². The maximum Gasteiger partial charge on any atom is 0.226 e. The molecule has 0 radical (unpaired) electrons. The number of hydrogen-bond acceptors (Lipinski definition) is 2. The summed E-state index contributed by atoms with van der Waals surface area (Å²) in [7, 11) is 0. The summed E-state index contributed by atoms with van der Waals surface area (Å²) in [6.07, 6.45) is 0.480. The third kappa shape index (κ3) is 5.39. The lowest BCUT2D eigenvalue weighted by Gasteiger charge is -2.15. The highest BCUT2D eigenvalue weighted by Crippen LogP contribution is 2.23. The van der Waals surface area contributed by atoms with Crippen molar-refractivity contribution in [3.63, 3.8) is 0 Å². The molecule has 1 amide bonds. The van der Waals surface area contributed by atoms with Crippen LogP contribution >= 0.6 is 12.2 Å². The summed E-state index contributed by atoms with van der Waals surface area (Å²) in [5, 5.41) is 6.16. The standard InChI is InChI=1S/C15H22N2OS/c1-10(2)9-14(18)17-15(19)16-13-8-6-5-7-12(13)11(3)4/h5-8,10-11H,9H2,1-4H3,(H2,16,17,18,19). The molecule has 104 valence electrons. The summed E-state index contributed by atoms with van der Waals surface area (Å²) in [5.74, 6) is 0.679. The number of rotatable bonds is 4. The molecule has 0 aliphatic heterocycles. The lowest BCUT2D eigenvalue weighted by molar-refractivity contribution is -0.120. The Morgan fingerprint density at radius 2 is 1.84 bits per heavy atom. The van der Waals surface area contributed by atoms with Crippen LogP contribution in [-0.2, 0) is 4.79 Å². The minimum atomic E-state index is -0.0467. The molecule has 0 aromatic heterocycles. The van der Waals surface area contributed by atoms with Crippen molar-refractivity contribution in [2.24, 2.45) is 5.92 Å². The first-order valence-corrected chi connectivity index (χ1v) is 7.00. The smallest absolute Gasteiger partial charge is 0.226 e. The van der Waals surface area contributed by atoms with Crippen molar-refractivity contribution in [3.05, 3.63) is 29.8 Å². The predicted molar refractivity (Wildman–Crippen MR) is 84.3 cm³/mol. The zero-order valence-corrected chi connectivity index (χ0v) is 12.8. The van der Waals surface area contributed by atoms with E-state index in [1.165, 1.54) is 5.56 Å². The van der Waals surface area contributed by atoms with E-state index in [-0.39, 0.29) is 5.91 Å². The van der Waals surface area contributed by atoms with E-state index in [4.69, 9.17) is 12.2 Å². The van der Waals surface area contributed by atoms with Crippen LogP contribution in [0.15, 0.2) is 24.3 Å². The molecule has 0 saturated heterocycles. The second-order valence-corrected chi connectivity index (χ2v) is 5.75. The molecule has 4 heteroatoms. The third-order valence-electron chi connectivity index (χ3n) is 2.68. The fourth-order valence-corrected chi connectivity index (χ4v) is 2.04. The third-order valence-corrected chi connectivity index (χ3v) is 2.88. The van der Waals surface area contributed by atoms with Gasteiger partial charge in [0.2, 0.25) is 5.91 Å². The molecule has 0 saturated carbocycles. The summed E-state index contributed by atoms with van der Waals surface area (Å²) in [6, 6.07) is 7.98. The number of benzene rings is 1. The van der Waals surface area contributed by atoms with Crippen molar-refractivity contribution < 1.29 is 4.79 Å². The Hall–Kier alpha value is -1.42. The van der Waals surface area contributed by atoms with Crippen LogP contribution in [0.1, 0.15) is 45.6 Å². The van der Waals surface area contributed by atoms with Gasteiger partial charge >= 0.3 is 0 Å². The lowest BCUT2D eigenvalue weighted by atomic mass is 10.0. The summed E-state index contributed by atoms with van der Waals surface area (Å²) in [6.45, 7) is 8.26. The average Bonchev–Trinajstić information content (AvgIpc) is 2.27. The molecule has 0 heterocycles. The number of amides is 1. The molecule has 0 spiro atoms. The number of thiocarbonyl (C=S) groups is 1. The van der Waals surface area contributed by atoms with Crippen LogP contribution in [0.25, 0.3) is 0 Å². The van der Waals surface area contributed by atoms with Gasteiger partial charge in [0.15, 0.2) is 5.11 Å². The summed E-state index contributed by atoms with van der Waals surface area (Å²) >= 11 is 5.17. The topological polar surface area (TPSA) is 41.1 Å². The SMILES string of the molecule is CC(C)CC(=O)NC(=S)Nc1ccccc1C(C)C. The van der Waals surface area contributed by atoms with Gasteiger partial charge in [-0.25, -0.2) is 0 Å². The fourth-order valence-electron chi connectivity index (χ4n) is 1.82. The molecule has 0 unspecified atom stereocenters. The van der Waals surface area contributed by atoms with Crippen molar-refractivity contribution in [2.45, 2.75) is 40.0 Å². The molecule has 19 heavy (non-hydrogen) atoms. The van der Waals surface area contributed by atoms with Crippen molar-refractivity contribution in [1.82, 2.24) is 5.32 Å². The average molecular weight is 278 g/mol. The number of carbonyl (C=O) groups is 1.